The maximum Gasteiger partial charge on any atom is 0.102 e. The first-order valence-corrected chi connectivity index (χ1v) is 9.45. The van der Waals surface area contributed by atoms with Gasteiger partial charge in [0.1, 0.15) is 6.54 Å². The SMILES string of the molecule is C=C(C)[N+](C)(C/C=C(\C)C(C)C(C)CCC)CCCCCC. The monoisotopic (exact) mass is 308 g/mol. The fraction of sp³-hybridized carbons (Fsp3) is 0.810. The fourth-order valence-corrected chi connectivity index (χ4v) is 3.01. The molecule has 3 unspecified atom stereocenters. The summed E-state index contributed by atoms with van der Waals surface area (Å²) in [5, 5.41) is 0. The third-order valence-electron chi connectivity index (χ3n) is 5.56. The molecule has 0 bridgehead atoms. The van der Waals surface area contributed by atoms with Crippen molar-refractivity contribution in [3.63, 3.8) is 0 Å². The van der Waals surface area contributed by atoms with Crippen LogP contribution in [0.25, 0.3) is 0 Å². The summed E-state index contributed by atoms with van der Waals surface area (Å²) < 4.78 is 0.996. The highest BCUT2D eigenvalue weighted by molar-refractivity contribution is 5.04. The molecule has 0 aromatic rings. The molecule has 0 aromatic heterocycles. The van der Waals surface area contributed by atoms with Crippen molar-refractivity contribution >= 4 is 0 Å². The Morgan fingerprint density at radius 1 is 1.05 bits per heavy atom. The van der Waals surface area contributed by atoms with E-state index in [1.54, 1.807) is 5.57 Å². The van der Waals surface area contributed by atoms with E-state index in [0.29, 0.717) is 5.92 Å². The van der Waals surface area contributed by atoms with Crippen LogP contribution < -0.4 is 0 Å². The molecule has 22 heavy (non-hydrogen) atoms. The van der Waals surface area contributed by atoms with Gasteiger partial charge in [-0.15, -0.1) is 0 Å². The molecule has 0 saturated carbocycles. The number of hydrogen-bond donors (Lipinski definition) is 0. The van der Waals surface area contributed by atoms with Crippen molar-refractivity contribution in [2.75, 3.05) is 20.1 Å². The van der Waals surface area contributed by atoms with Gasteiger partial charge in [0.2, 0.25) is 0 Å². The summed E-state index contributed by atoms with van der Waals surface area (Å²) in [5.74, 6) is 1.48. The van der Waals surface area contributed by atoms with Crippen molar-refractivity contribution in [2.24, 2.45) is 11.8 Å². The third-order valence-corrected chi connectivity index (χ3v) is 5.56. The van der Waals surface area contributed by atoms with Gasteiger partial charge in [-0.05, 0) is 44.3 Å². The van der Waals surface area contributed by atoms with E-state index in [1.807, 2.05) is 0 Å². The Kier molecular flexibility index (Phi) is 10.8. The number of unbranched alkanes of at least 4 members (excludes halogenated alkanes) is 3. The normalized spacial score (nSPS) is 17.9. The third kappa shape index (κ3) is 7.63. The van der Waals surface area contributed by atoms with Crippen molar-refractivity contribution in [2.45, 2.75) is 80.1 Å². The van der Waals surface area contributed by atoms with Crippen LogP contribution in [0.2, 0.25) is 0 Å². The summed E-state index contributed by atoms with van der Waals surface area (Å²) in [7, 11) is 2.35. The average molecular weight is 309 g/mol. The van der Waals surface area contributed by atoms with Gasteiger partial charge in [0, 0.05) is 6.92 Å². The molecule has 3 atom stereocenters. The Balaban J connectivity index is 4.66. The predicted molar refractivity (Wildman–Crippen MR) is 102 cm³/mol. The zero-order valence-electron chi connectivity index (χ0n) is 16.5. The lowest BCUT2D eigenvalue weighted by molar-refractivity contribution is -0.866. The Morgan fingerprint density at radius 3 is 2.18 bits per heavy atom. The Bertz CT molecular complexity index is 342. The maximum absolute atomic E-state index is 4.26. The number of quaternary nitrogens is 1. The van der Waals surface area contributed by atoms with Crippen molar-refractivity contribution in [3.8, 4) is 0 Å². The summed E-state index contributed by atoms with van der Waals surface area (Å²) in [6, 6.07) is 0. The van der Waals surface area contributed by atoms with Gasteiger partial charge in [0.15, 0.2) is 0 Å². The van der Waals surface area contributed by atoms with Crippen LogP contribution in [-0.2, 0) is 0 Å². The highest BCUT2D eigenvalue weighted by Gasteiger charge is 2.22. The highest BCUT2D eigenvalue weighted by atomic mass is 15.3. The Hall–Kier alpha value is -0.560. The quantitative estimate of drug-likeness (QED) is 0.217. The number of nitrogens with zero attached hydrogens (tertiary/aromatic N) is 1. The first-order chi connectivity index (χ1) is 10.3. The largest absolute Gasteiger partial charge is 0.295 e. The van der Waals surface area contributed by atoms with E-state index in [-0.39, 0.29) is 0 Å². The molecule has 0 N–H and O–H groups in total. The highest BCUT2D eigenvalue weighted by Crippen LogP contribution is 2.25. The second-order valence-corrected chi connectivity index (χ2v) is 7.60. The van der Waals surface area contributed by atoms with E-state index in [0.717, 1.165) is 16.9 Å². The lowest BCUT2D eigenvalue weighted by Crippen LogP contribution is -2.42. The van der Waals surface area contributed by atoms with Crippen LogP contribution in [0, 0.1) is 11.8 Å². The molecule has 0 heterocycles. The Labute approximate surface area is 141 Å². The van der Waals surface area contributed by atoms with E-state index < -0.39 is 0 Å². The number of allylic oxidation sites excluding steroid dienone is 2. The van der Waals surface area contributed by atoms with Crippen molar-refractivity contribution in [1.82, 2.24) is 0 Å². The van der Waals surface area contributed by atoms with Gasteiger partial charge in [-0.25, -0.2) is 0 Å². The van der Waals surface area contributed by atoms with Gasteiger partial charge in [-0.2, -0.15) is 0 Å². The van der Waals surface area contributed by atoms with Crippen LogP contribution in [0.5, 0.6) is 0 Å². The number of rotatable bonds is 12. The zero-order valence-corrected chi connectivity index (χ0v) is 16.5. The predicted octanol–water partition coefficient (Wildman–Crippen LogP) is 6.57. The smallest absolute Gasteiger partial charge is 0.102 e. The lowest BCUT2D eigenvalue weighted by Gasteiger charge is -2.34. The van der Waals surface area contributed by atoms with Crippen LogP contribution in [0.15, 0.2) is 23.9 Å². The molecule has 1 heteroatoms. The zero-order chi connectivity index (χ0) is 17.2. The van der Waals surface area contributed by atoms with Crippen LogP contribution in [-0.4, -0.2) is 24.6 Å². The van der Waals surface area contributed by atoms with Crippen molar-refractivity contribution in [1.29, 1.82) is 0 Å². The second kappa shape index (κ2) is 11.0. The first-order valence-electron chi connectivity index (χ1n) is 9.45. The van der Waals surface area contributed by atoms with E-state index in [2.05, 4.69) is 61.2 Å². The summed E-state index contributed by atoms with van der Waals surface area (Å²) in [4.78, 5) is 0. The minimum atomic E-state index is 0.693. The van der Waals surface area contributed by atoms with Crippen LogP contribution in [0.1, 0.15) is 80.1 Å². The first kappa shape index (κ1) is 21.4. The van der Waals surface area contributed by atoms with Gasteiger partial charge >= 0.3 is 0 Å². The molecule has 0 radical (unpaired) electrons. The van der Waals surface area contributed by atoms with Gasteiger partial charge in [-0.3, -0.25) is 4.48 Å². The molecule has 0 fully saturated rings. The van der Waals surface area contributed by atoms with E-state index in [1.165, 1.54) is 50.8 Å². The van der Waals surface area contributed by atoms with E-state index >= 15 is 0 Å². The summed E-state index contributed by atoms with van der Waals surface area (Å²) in [5.41, 5.74) is 2.84. The number of likely N-dealkylation sites (N-methyl/N-ethyl adjacent to an activating group) is 1. The topological polar surface area (TPSA) is 0 Å². The molecule has 130 valence electrons. The number of hydrogen-bond acceptors (Lipinski definition) is 0. The van der Waals surface area contributed by atoms with Crippen molar-refractivity contribution < 1.29 is 4.48 Å². The molecule has 1 nitrogen and oxygen atoms in total. The molecule has 0 spiro atoms. The molecule has 0 saturated heterocycles. The molecule has 0 aliphatic rings. The molecule has 0 rings (SSSR count). The van der Waals surface area contributed by atoms with Crippen LogP contribution >= 0.6 is 0 Å². The van der Waals surface area contributed by atoms with Crippen LogP contribution in [0.4, 0.5) is 0 Å². The lowest BCUT2D eigenvalue weighted by atomic mass is 9.86. The summed E-state index contributed by atoms with van der Waals surface area (Å²) >= 11 is 0. The molecule has 0 aliphatic carbocycles. The van der Waals surface area contributed by atoms with E-state index in [4.69, 9.17) is 0 Å². The van der Waals surface area contributed by atoms with Crippen molar-refractivity contribution in [3.05, 3.63) is 23.9 Å². The Morgan fingerprint density at radius 2 is 1.68 bits per heavy atom. The van der Waals surface area contributed by atoms with Gasteiger partial charge in [0.25, 0.3) is 0 Å². The fourth-order valence-electron chi connectivity index (χ4n) is 3.01. The molecule has 0 aromatic carbocycles. The van der Waals surface area contributed by atoms with E-state index in [9.17, 15) is 0 Å². The van der Waals surface area contributed by atoms with Crippen LogP contribution in [0.3, 0.4) is 0 Å². The molecule has 0 aliphatic heterocycles. The van der Waals surface area contributed by atoms with Gasteiger partial charge < -0.3 is 0 Å². The summed E-state index contributed by atoms with van der Waals surface area (Å²) in [6.07, 6.45) is 10.4. The second-order valence-electron chi connectivity index (χ2n) is 7.60. The minimum absolute atomic E-state index is 0.693. The average Bonchev–Trinajstić information content (AvgIpc) is 2.48. The standard InChI is InChI=1S/C21H42N/c1-9-11-12-13-16-22(8,18(3)4)17-15-20(6)21(7)19(5)14-10-2/h15,19,21H,3,9-14,16-17H2,1-2,4-8H3/q+1/b20-15+. The summed E-state index contributed by atoms with van der Waals surface area (Å²) in [6.45, 7) is 20.4. The van der Waals surface area contributed by atoms with Gasteiger partial charge in [0.05, 0.1) is 19.3 Å². The molecular weight excluding hydrogens is 266 g/mol. The maximum atomic E-state index is 4.26. The molecule has 0 amide bonds. The molecular formula is C21H42N+. The minimum Gasteiger partial charge on any atom is -0.295 e. The van der Waals surface area contributed by atoms with Gasteiger partial charge in [-0.1, -0.05) is 59.0 Å².